The van der Waals surface area contributed by atoms with Crippen LogP contribution in [0.25, 0.3) is 0 Å². The highest BCUT2D eigenvalue weighted by atomic mass is 16.3. The Morgan fingerprint density at radius 3 is 2.52 bits per heavy atom. The van der Waals surface area contributed by atoms with Crippen LogP contribution in [-0.4, -0.2) is 44.2 Å². The minimum absolute atomic E-state index is 0.00362. The lowest BCUT2D eigenvalue weighted by atomic mass is 9.85. The van der Waals surface area contributed by atoms with Gasteiger partial charge in [-0.05, 0) is 50.5 Å². The molecule has 0 spiro atoms. The van der Waals surface area contributed by atoms with Gasteiger partial charge in [-0.15, -0.1) is 5.10 Å². The highest BCUT2D eigenvalue weighted by Gasteiger charge is 2.38. The van der Waals surface area contributed by atoms with Gasteiger partial charge in [0.25, 0.3) is 0 Å². The van der Waals surface area contributed by atoms with Crippen LogP contribution in [0.5, 0.6) is 0 Å². The highest BCUT2D eigenvalue weighted by molar-refractivity contribution is 5.25. The van der Waals surface area contributed by atoms with Crippen molar-refractivity contribution in [3.05, 3.63) is 47.3 Å². The van der Waals surface area contributed by atoms with E-state index in [1.807, 2.05) is 4.68 Å². The fourth-order valence-electron chi connectivity index (χ4n) is 5.37. The average Bonchev–Trinajstić information content (AvgIpc) is 3.47. The zero-order valence-corrected chi connectivity index (χ0v) is 17.6. The standard InChI is InChI=1S/C24H34N4O/c1-17-7-9-20(10-8-17)22-13-23(28-15-21(25-26-28)19-11-12-19)24(29)16-27(22)14-18-5-3-2-4-6-18/h7-10,15,18-19,22-24,29H,2-6,11-14,16H2,1H3/t22-,23-,24-/m1/s1. The molecule has 0 unspecified atom stereocenters. The second-order valence-electron chi connectivity index (χ2n) is 9.65. The fourth-order valence-corrected chi connectivity index (χ4v) is 5.37. The number of aromatic nitrogens is 3. The lowest BCUT2D eigenvalue weighted by Crippen LogP contribution is -2.48. The second-order valence-corrected chi connectivity index (χ2v) is 9.65. The van der Waals surface area contributed by atoms with Crippen LogP contribution in [0.2, 0.25) is 0 Å². The normalized spacial score (nSPS) is 29.2. The molecule has 2 aromatic rings. The number of aryl methyl sites for hydroxylation is 1. The van der Waals surface area contributed by atoms with Crippen molar-refractivity contribution in [1.29, 1.82) is 0 Å². The SMILES string of the molecule is Cc1ccc([C@H]2C[C@@H](n3cc(C4CC4)nn3)[C@H](O)CN2CC2CCCCC2)cc1. The summed E-state index contributed by atoms with van der Waals surface area (Å²) < 4.78 is 1.96. The number of aliphatic hydroxyl groups excluding tert-OH is 1. The molecule has 0 amide bonds. The Labute approximate surface area is 174 Å². The maximum absolute atomic E-state index is 11.1. The van der Waals surface area contributed by atoms with Crippen LogP contribution in [0.4, 0.5) is 0 Å². The number of nitrogens with zero attached hydrogens (tertiary/aromatic N) is 4. The zero-order valence-electron chi connectivity index (χ0n) is 17.6. The molecule has 1 aromatic heterocycles. The maximum atomic E-state index is 11.1. The predicted octanol–water partition coefficient (Wildman–Crippen LogP) is 4.39. The van der Waals surface area contributed by atoms with Gasteiger partial charge in [0.1, 0.15) is 0 Å². The van der Waals surface area contributed by atoms with Crippen LogP contribution in [0.15, 0.2) is 30.5 Å². The van der Waals surface area contributed by atoms with E-state index in [1.165, 1.54) is 56.1 Å². The first kappa shape index (κ1) is 19.3. The molecule has 2 heterocycles. The van der Waals surface area contributed by atoms with Gasteiger partial charge >= 0.3 is 0 Å². The molecule has 3 aliphatic rings. The third kappa shape index (κ3) is 4.26. The summed E-state index contributed by atoms with van der Waals surface area (Å²) in [5.74, 6) is 1.37. The molecular formula is C24H34N4O. The Hall–Kier alpha value is -1.72. The van der Waals surface area contributed by atoms with Gasteiger partial charge in [-0.25, -0.2) is 4.68 Å². The van der Waals surface area contributed by atoms with Crippen molar-refractivity contribution >= 4 is 0 Å². The summed E-state index contributed by atoms with van der Waals surface area (Å²) >= 11 is 0. The van der Waals surface area contributed by atoms with Crippen molar-refractivity contribution in [1.82, 2.24) is 19.9 Å². The molecule has 1 saturated heterocycles. The van der Waals surface area contributed by atoms with Gasteiger partial charge in [0, 0.05) is 31.2 Å². The number of benzene rings is 1. The van der Waals surface area contributed by atoms with Crippen molar-refractivity contribution in [3.8, 4) is 0 Å². The van der Waals surface area contributed by atoms with Gasteiger partial charge < -0.3 is 5.11 Å². The molecule has 3 fully saturated rings. The third-order valence-corrected chi connectivity index (χ3v) is 7.31. The summed E-state index contributed by atoms with van der Waals surface area (Å²) in [6, 6.07) is 9.33. The summed E-state index contributed by atoms with van der Waals surface area (Å²) in [6.07, 6.45) is 11.8. The fraction of sp³-hybridized carbons (Fsp3) is 0.667. The van der Waals surface area contributed by atoms with E-state index in [0.717, 1.165) is 31.1 Å². The molecule has 5 nitrogen and oxygen atoms in total. The van der Waals surface area contributed by atoms with Crippen LogP contribution in [-0.2, 0) is 0 Å². The summed E-state index contributed by atoms with van der Waals surface area (Å²) in [4.78, 5) is 2.56. The monoisotopic (exact) mass is 394 g/mol. The predicted molar refractivity (Wildman–Crippen MR) is 114 cm³/mol. The molecule has 3 atom stereocenters. The number of hydrogen-bond acceptors (Lipinski definition) is 4. The number of likely N-dealkylation sites (tertiary alicyclic amines) is 1. The summed E-state index contributed by atoms with van der Waals surface area (Å²) in [5.41, 5.74) is 3.77. The molecule has 5 rings (SSSR count). The number of hydrogen-bond donors (Lipinski definition) is 1. The number of β-amino-alcohol motifs (C(OH)–C–C–N with tert-alkyl or cyclic N) is 1. The largest absolute Gasteiger partial charge is 0.390 e. The first-order valence-corrected chi connectivity index (χ1v) is 11.6. The van der Waals surface area contributed by atoms with Crippen LogP contribution in [0, 0.1) is 12.8 Å². The Morgan fingerprint density at radius 2 is 1.79 bits per heavy atom. The van der Waals surface area contributed by atoms with Gasteiger partial charge in [0.15, 0.2) is 0 Å². The van der Waals surface area contributed by atoms with E-state index < -0.39 is 6.10 Å². The van der Waals surface area contributed by atoms with Crippen molar-refractivity contribution in [2.75, 3.05) is 13.1 Å². The van der Waals surface area contributed by atoms with E-state index >= 15 is 0 Å². The van der Waals surface area contributed by atoms with Crippen molar-refractivity contribution in [3.63, 3.8) is 0 Å². The average molecular weight is 395 g/mol. The maximum Gasteiger partial charge on any atom is 0.0892 e. The summed E-state index contributed by atoms with van der Waals surface area (Å²) in [5, 5.41) is 19.9. The lowest BCUT2D eigenvalue weighted by Gasteiger charge is -2.44. The highest BCUT2D eigenvalue weighted by Crippen LogP contribution is 2.41. The third-order valence-electron chi connectivity index (χ3n) is 7.31. The van der Waals surface area contributed by atoms with E-state index in [-0.39, 0.29) is 6.04 Å². The molecule has 2 saturated carbocycles. The molecule has 5 heteroatoms. The van der Waals surface area contributed by atoms with Gasteiger partial charge in [-0.1, -0.05) is 54.3 Å². The molecular weight excluding hydrogens is 360 g/mol. The van der Waals surface area contributed by atoms with Crippen LogP contribution in [0.1, 0.15) is 86.2 Å². The molecule has 1 aromatic carbocycles. The van der Waals surface area contributed by atoms with Gasteiger partial charge in [-0.3, -0.25) is 4.90 Å². The molecule has 0 bridgehead atoms. The number of piperidine rings is 1. The van der Waals surface area contributed by atoms with E-state index in [4.69, 9.17) is 0 Å². The molecule has 1 N–H and O–H groups in total. The van der Waals surface area contributed by atoms with Crippen LogP contribution >= 0.6 is 0 Å². The van der Waals surface area contributed by atoms with Gasteiger partial charge in [-0.2, -0.15) is 0 Å². The second kappa shape index (κ2) is 8.19. The van der Waals surface area contributed by atoms with E-state index in [0.29, 0.717) is 12.0 Å². The Kier molecular flexibility index (Phi) is 5.44. The first-order chi connectivity index (χ1) is 14.2. The zero-order chi connectivity index (χ0) is 19.8. The Bertz CT molecular complexity index is 807. The Balaban J connectivity index is 1.38. The smallest absolute Gasteiger partial charge is 0.0892 e. The number of rotatable bonds is 5. The van der Waals surface area contributed by atoms with Crippen molar-refractivity contribution < 1.29 is 5.11 Å². The molecule has 2 aliphatic carbocycles. The molecule has 29 heavy (non-hydrogen) atoms. The van der Waals surface area contributed by atoms with Gasteiger partial charge in [0.2, 0.25) is 0 Å². The lowest BCUT2D eigenvalue weighted by molar-refractivity contribution is -0.0182. The van der Waals surface area contributed by atoms with Crippen molar-refractivity contribution in [2.24, 2.45) is 5.92 Å². The minimum atomic E-state index is -0.394. The van der Waals surface area contributed by atoms with Gasteiger partial charge in [0.05, 0.1) is 17.8 Å². The number of aliphatic hydroxyl groups is 1. The Morgan fingerprint density at radius 1 is 1.03 bits per heavy atom. The molecule has 156 valence electrons. The van der Waals surface area contributed by atoms with Crippen molar-refractivity contribution in [2.45, 2.75) is 82.4 Å². The van der Waals surface area contributed by atoms with E-state index in [1.54, 1.807) is 0 Å². The topological polar surface area (TPSA) is 54.2 Å². The first-order valence-electron chi connectivity index (χ1n) is 11.6. The summed E-state index contributed by atoms with van der Waals surface area (Å²) in [6.45, 7) is 3.97. The quantitative estimate of drug-likeness (QED) is 0.817. The van der Waals surface area contributed by atoms with E-state index in [9.17, 15) is 5.11 Å². The van der Waals surface area contributed by atoms with Crippen LogP contribution in [0.3, 0.4) is 0 Å². The molecule has 0 radical (unpaired) electrons. The summed E-state index contributed by atoms with van der Waals surface area (Å²) in [7, 11) is 0. The van der Waals surface area contributed by atoms with Crippen LogP contribution < -0.4 is 0 Å². The minimum Gasteiger partial charge on any atom is -0.390 e. The molecule has 1 aliphatic heterocycles. The van der Waals surface area contributed by atoms with E-state index in [2.05, 4.69) is 52.6 Å².